The third kappa shape index (κ3) is 1.52. The summed E-state index contributed by atoms with van der Waals surface area (Å²) < 4.78 is 0. The fourth-order valence-corrected chi connectivity index (χ4v) is 0.663. The van der Waals surface area contributed by atoms with E-state index in [0.29, 0.717) is 0 Å². The van der Waals surface area contributed by atoms with E-state index in [-0.39, 0.29) is 23.7 Å². The van der Waals surface area contributed by atoms with Crippen LogP contribution in [0.1, 0.15) is 5.82 Å². The van der Waals surface area contributed by atoms with Gasteiger partial charge < -0.3 is 10.8 Å². The number of nitrogens with two attached hydrogens (primary N) is 1. The lowest BCUT2D eigenvalue weighted by Gasteiger charge is -1.95. The molecule has 0 fully saturated rings. The second kappa shape index (κ2) is 2.76. The molecule has 0 amide bonds. The smallest absolute Gasteiger partial charge is 0.227 e. The molecule has 0 radical (unpaired) electrons. The maximum atomic E-state index is 8.52. The molecule has 0 aliphatic rings. The summed E-state index contributed by atoms with van der Waals surface area (Å²) in [6.45, 7) is -0.285. The van der Waals surface area contributed by atoms with E-state index in [9.17, 15) is 0 Å². The van der Waals surface area contributed by atoms with Crippen LogP contribution < -0.4 is 5.73 Å². The molecule has 1 heterocycles. The lowest BCUT2D eigenvalue weighted by Crippen LogP contribution is -2.02. The van der Waals surface area contributed by atoms with Crippen molar-refractivity contribution in [3.63, 3.8) is 0 Å². The van der Waals surface area contributed by atoms with Gasteiger partial charge >= 0.3 is 0 Å². The monoisotopic (exact) mass is 160 g/mol. The van der Waals surface area contributed by atoms with E-state index >= 15 is 0 Å². The molecular formula is C4H5ClN4O. The van der Waals surface area contributed by atoms with Gasteiger partial charge in [-0.3, -0.25) is 0 Å². The largest absolute Gasteiger partial charge is 0.388 e. The average molecular weight is 161 g/mol. The summed E-state index contributed by atoms with van der Waals surface area (Å²) in [4.78, 5) is 10.6. The number of hydrogen-bond acceptors (Lipinski definition) is 5. The zero-order chi connectivity index (χ0) is 7.56. The molecule has 0 saturated heterocycles. The molecule has 0 aliphatic carbocycles. The van der Waals surface area contributed by atoms with E-state index in [2.05, 4.69) is 15.0 Å². The fraction of sp³-hybridized carbons (Fsp3) is 0.250. The quantitative estimate of drug-likeness (QED) is 0.584. The van der Waals surface area contributed by atoms with Gasteiger partial charge in [0.1, 0.15) is 6.61 Å². The standard InChI is InChI=1S/C4H5ClN4O/c5-3-7-2(1-10)8-4(6)9-3/h10H,1H2,(H2,6,7,8,9). The Hall–Kier alpha value is -0.940. The Kier molecular flexibility index (Phi) is 1.98. The Morgan fingerprint density at radius 2 is 2.10 bits per heavy atom. The molecule has 0 bridgehead atoms. The van der Waals surface area contributed by atoms with Gasteiger partial charge in [0.2, 0.25) is 11.2 Å². The van der Waals surface area contributed by atoms with Gasteiger partial charge in [0.15, 0.2) is 5.82 Å². The molecule has 0 aliphatic heterocycles. The van der Waals surface area contributed by atoms with Gasteiger partial charge in [0.25, 0.3) is 0 Å². The predicted octanol–water partition coefficient (Wildman–Crippen LogP) is -0.401. The van der Waals surface area contributed by atoms with Gasteiger partial charge in [-0.2, -0.15) is 9.97 Å². The van der Waals surface area contributed by atoms with Crippen LogP contribution in [-0.4, -0.2) is 20.1 Å². The van der Waals surface area contributed by atoms with E-state index < -0.39 is 0 Å². The number of halogens is 1. The minimum atomic E-state index is -0.285. The summed E-state index contributed by atoms with van der Waals surface area (Å²) in [6, 6.07) is 0. The van der Waals surface area contributed by atoms with Crippen LogP contribution in [0.15, 0.2) is 0 Å². The maximum absolute atomic E-state index is 8.52. The van der Waals surface area contributed by atoms with Crippen LogP contribution in [0.25, 0.3) is 0 Å². The molecule has 6 heteroatoms. The third-order valence-electron chi connectivity index (χ3n) is 0.813. The van der Waals surface area contributed by atoms with Gasteiger partial charge in [-0.05, 0) is 11.6 Å². The molecule has 5 nitrogen and oxygen atoms in total. The molecule has 3 N–H and O–H groups in total. The number of aliphatic hydroxyl groups is 1. The molecule has 0 spiro atoms. The number of nitrogen functional groups attached to an aromatic ring is 1. The van der Waals surface area contributed by atoms with Crippen LogP contribution >= 0.6 is 11.6 Å². The highest BCUT2D eigenvalue weighted by Crippen LogP contribution is 2.01. The van der Waals surface area contributed by atoms with Crippen LogP contribution in [0.4, 0.5) is 5.95 Å². The summed E-state index contributed by atoms with van der Waals surface area (Å²) in [5, 5.41) is 8.52. The minimum Gasteiger partial charge on any atom is -0.388 e. The number of aliphatic hydroxyl groups excluding tert-OH is 1. The van der Waals surface area contributed by atoms with E-state index in [1.807, 2.05) is 0 Å². The minimum absolute atomic E-state index is 0.00319. The zero-order valence-corrected chi connectivity index (χ0v) is 5.71. The Labute approximate surface area is 61.9 Å². The van der Waals surface area contributed by atoms with Crippen LogP contribution in [-0.2, 0) is 6.61 Å². The first kappa shape index (κ1) is 7.17. The highest BCUT2D eigenvalue weighted by Gasteiger charge is 1.98. The van der Waals surface area contributed by atoms with Crippen molar-refractivity contribution < 1.29 is 5.11 Å². The Morgan fingerprint density at radius 3 is 2.60 bits per heavy atom. The normalized spacial score (nSPS) is 9.80. The summed E-state index contributed by atoms with van der Waals surface area (Å²) in [5.74, 6) is 0.196. The highest BCUT2D eigenvalue weighted by molar-refractivity contribution is 6.28. The first-order chi connectivity index (χ1) is 4.72. The fourth-order valence-electron chi connectivity index (χ4n) is 0.479. The van der Waals surface area contributed by atoms with Crippen molar-refractivity contribution in [2.24, 2.45) is 0 Å². The first-order valence-electron chi connectivity index (χ1n) is 2.49. The van der Waals surface area contributed by atoms with Crippen molar-refractivity contribution in [1.82, 2.24) is 15.0 Å². The van der Waals surface area contributed by atoms with Crippen molar-refractivity contribution in [3.8, 4) is 0 Å². The van der Waals surface area contributed by atoms with Crippen molar-refractivity contribution in [2.75, 3.05) is 5.73 Å². The zero-order valence-electron chi connectivity index (χ0n) is 4.95. The van der Waals surface area contributed by atoms with E-state index in [4.69, 9.17) is 22.4 Å². The Balaban J connectivity index is 3.06. The SMILES string of the molecule is Nc1nc(Cl)nc(CO)n1. The topological polar surface area (TPSA) is 84.9 Å². The number of rotatable bonds is 1. The number of aromatic nitrogens is 3. The van der Waals surface area contributed by atoms with Crippen molar-refractivity contribution in [2.45, 2.75) is 6.61 Å². The van der Waals surface area contributed by atoms with Crippen LogP contribution in [0, 0.1) is 0 Å². The average Bonchev–Trinajstić information content (AvgIpc) is 1.85. The number of hydrogen-bond donors (Lipinski definition) is 2. The molecular weight excluding hydrogens is 156 g/mol. The molecule has 1 aromatic heterocycles. The number of anilines is 1. The van der Waals surface area contributed by atoms with Crippen molar-refractivity contribution >= 4 is 17.5 Å². The third-order valence-corrected chi connectivity index (χ3v) is 0.982. The van der Waals surface area contributed by atoms with Crippen LogP contribution in [0.2, 0.25) is 5.28 Å². The van der Waals surface area contributed by atoms with Gasteiger partial charge in [-0.15, -0.1) is 0 Å². The molecule has 0 saturated carbocycles. The second-order valence-corrected chi connectivity index (χ2v) is 1.88. The molecule has 0 aromatic carbocycles. The lowest BCUT2D eigenvalue weighted by molar-refractivity contribution is 0.271. The second-order valence-electron chi connectivity index (χ2n) is 1.54. The Morgan fingerprint density at radius 1 is 1.40 bits per heavy atom. The van der Waals surface area contributed by atoms with Gasteiger partial charge in [-0.1, -0.05) is 0 Å². The molecule has 1 rings (SSSR count). The first-order valence-corrected chi connectivity index (χ1v) is 2.87. The van der Waals surface area contributed by atoms with E-state index in [1.54, 1.807) is 0 Å². The van der Waals surface area contributed by atoms with E-state index in [0.717, 1.165) is 0 Å². The van der Waals surface area contributed by atoms with Gasteiger partial charge in [0.05, 0.1) is 0 Å². The molecule has 54 valence electrons. The molecule has 0 atom stereocenters. The lowest BCUT2D eigenvalue weighted by atomic mass is 10.6. The summed E-state index contributed by atoms with van der Waals surface area (Å²) >= 11 is 5.38. The predicted molar refractivity (Wildman–Crippen MR) is 35.2 cm³/mol. The van der Waals surface area contributed by atoms with Crippen LogP contribution in [0.5, 0.6) is 0 Å². The Bertz CT molecular complexity index is 220. The maximum Gasteiger partial charge on any atom is 0.227 e. The van der Waals surface area contributed by atoms with E-state index in [1.165, 1.54) is 0 Å². The number of nitrogens with zero attached hydrogens (tertiary/aromatic N) is 3. The summed E-state index contributed by atoms with van der Waals surface area (Å²) in [7, 11) is 0. The van der Waals surface area contributed by atoms with Gasteiger partial charge in [-0.25, -0.2) is 4.98 Å². The van der Waals surface area contributed by atoms with Gasteiger partial charge in [0, 0.05) is 0 Å². The highest BCUT2D eigenvalue weighted by atomic mass is 35.5. The van der Waals surface area contributed by atoms with Crippen molar-refractivity contribution in [1.29, 1.82) is 0 Å². The summed E-state index contributed by atoms with van der Waals surface area (Å²) in [6.07, 6.45) is 0. The van der Waals surface area contributed by atoms with Crippen molar-refractivity contribution in [3.05, 3.63) is 11.1 Å². The molecule has 0 unspecified atom stereocenters. The summed E-state index contributed by atoms with van der Waals surface area (Å²) in [5.41, 5.74) is 5.18. The molecule has 1 aromatic rings. The van der Waals surface area contributed by atoms with Crippen LogP contribution in [0.3, 0.4) is 0 Å². The molecule has 10 heavy (non-hydrogen) atoms.